The second-order valence-electron chi connectivity index (χ2n) is 4.60. The molecule has 0 aliphatic carbocycles. The van der Waals surface area contributed by atoms with Gasteiger partial charge < -0.3 is 0 Å². The van der Waals surface area contributed by atoms with Gasteiger partial charge in [-0.15, -0.1) is 0 Å². The zero-order chi connectivity index (χ0) is 11.9. The molecule has 0 unspecified atom stereocenters. The van der Waals surface area contributed by atoms with E-state index in [0.717, 1.165) is 9.40 Å². The van der Waals surface area contributed by atoms with E-state index in [0.29, 0.717) is 0 Å². The van der Waals surface area contributed by atoms with Gasteiger partial charge in [0.15, 0.2) is 0 Å². The highest BCUT2D eigenvalue weighted by atomic mass is 32.2. The van der Waals surface area contributed by atoms with Crippen molar-refractivity contribution in [1.29, 1.82) is 0 Å². The normalized spacial score (nSPS) is 13.5. The third kappa shape index (κ3) is 2.29. The van der Waals surface area contributed by atoms with Gasteiger partial charge in [0, 0.05) is 19.4 Å². The highest BCUT2D eigenvalue weighted by Gasteiger charge is 2.28. The summed E-state index contributed by atoms with van der Waals surface area (Å²) in [6, 6.07) is 1.78. The van der Waals surface area contributed by atoms with Crippen LogP contribution in [0.3, 0.4) is 0 Å². The van der Waals surface area contributed by atoms with Crippen LogP contribution in [0, 0.1) is 0 Å². The topological polar surface area (TPSA) is 55.2 Å². The molecule has 0 atom stereocenters. The van der Waals surface area contributed by atoms with Crippen molar-refractivity contribution in [2.24, 2.45) is 0 Å². The van der Waals surface area contributed by atoms with E-state index in [1.807, 2.05) is 0 Å². The van der Waals surface area contributed by atoms with E-state index in [4.69, 9.17) is 0 Å². The van der Waals surface area contributed by atoms with Gasteiger partial charge in [0.25, 0.3) is 0 Å². The SMILES string of the molecule is CN(C)S(=O)(=O)n1nccc1[Si](C)(C)C. The predicted octanol–water partition coefficient (Wildman–Crippen LogP) is 0.0828. The van der Waals surface area contributed by atoms with Crippen molar-refractivity contribution in [2.75, 3.05) is 14.1 Å². The highest BCUT2D eigenvalue weighted by molar-refractivity contribution is 7.87. The minimum atomic E-state index is -3.47. The molecule has 0 radical (unpaired) electrons. The molecule has 0 N–H and O–H groups in total. The fraction of sp³-hybridized carbons (Fsp3) is 0.625. The lowest BCUT2D eigenvalue weighted by atomic mass is 10.8. The maximum atomic E-state index is 11.9. The fourth-order valence-electron chi connectivity index (χ4n) is 1.17. The Hall–Kier alpha value is -0.663. The van der Waals surface area contributed by atoms with Crippen LogP contribution in [0.2, 0.25) is 19.6 Å². The largest absolute Gasteiger partial charge is 0.322 e. The molecule has 0 spiro atoms. The highest BCUT2D eigenvalue weighted by Crippen LogP contribution is 2.05. The maximum absolute atomic E-state index is 11.9. The van der Waals surface area contributed by atoms with E-state index in [-0.39, 0.29) is 0 Å². The summed E-state index contributed by atoms with van der Waals surface area (Å²) < 4.78 is 26.1. The molecule has 0 saturated carbocycles. The summed E-state index contributed by atoms with van der Waals surface area (Å²) in [6.07, 6.45) is 1.54. The van der Waals surface area contributed by atoms with Crippen LogP contribution in [-0.4, -0.2) is 44.1 Å². The lowest BCUT2D eigenvalue weighted by Crippen LogP contribution is -2.47. The van der Waals surface area contributed by atoms with Gasteiger partial charge in [-0.2, -0.15) is 21.9 Å². The summed E-state index contributed by atoms with van der Waals surface area (Å²) in [5.74, 6) is 0. The molecule has 7 heteroatoms. The Morgan fingerprint density at radius 1 is 1.33 bits per heavy atom. The van der Waals surface area contributed by atoms with E-state index < -0.39 is 18.3 Å². The summed E-state index contributed by atoms with van der Waals surface area (Å²) in [4.78, 5) is 0. The summed E-state index contributed by atoms with van der Waals surface area (Å²) in [7, 11) is -2.15. The number of aromatic nitrogens is 2. The second-order valence-corrected chi connectivity index (χ2v) is 11.6. The first kappa shape index (κ1) is 12.4. The van der Waals surface area contributed by atoms with Gasteiger partial charge in [-0.05, 0) is 6.07 Å². The van der Waals surface area contributed by atoms with Crippen LogP contribution in [0.5, 0.6) is 0 Å². The zero-order valence-corrected chi connectivity index (χ0v) is 11.5. The first-order valence-corrected chi connectivity index (χ1v) is 9.54. The Kier molecular flexibility index (Phi) is 3.08. The van der Waals surface area contributed by atoms with Gasteiger partial charge in [0.2, 0.25) is 0 Å². The average molecular weight is 247 g/mol. The number of nitrogens with zero attached hydrogens (tertiary/aromatic N) is 3. The molecule has 1 heterocycles. The van der Waals surface area contributed by atoms with Gasteiger partial charge in [-0.3, -0.25) is 0 Å². The van der Waals surface area contributed by atoms with Crippen LogP contribution in [-0.2, 0) is 10.2 Å². The minimum Gasteiger partial charge on any atom is -0.189 e. The quantitative estimate of drug-likeness (QED) is 0.711. The molecule has 86 valence electrons. The molecule has 1 aromatic rings. The monoisotopic (exact) mass is 247 g/mol. The predicted molar refractivity (Wildman–Crippen MR) is 63.2 cm³/mol. The van der Waals surface area contributed by atoms with Crippen molar-refractivity contribution in [2.45, 2.75) is 19.6 Å². The van der Waals surface area contributed by atoms with Crippen molar-refractivity contribution in [3.05, 3.63) is 12.3 Å². The Balaban J connectivity index is 3.36. The van der Waals surface area contributed by atoms with E-state index >= 15 is 0 Å². The van der Waals surface area contributed by atoms with Crippen LogP contribution in [0.25, 0.3) is 0 Å². The molecule has 15 heavy (non-hydrogen) atoms. The smallest absolute Gasteiger partial charge is 0.189 e. The van der Waals surface area contributed by atoms with Gasteiger partial charge in [-0.1, -0.05) is 19.6 Å². The molecule has 1 aromatic heterocycles. The molecule has 0 saturated heterocycles. The van der Waals surface area contributed by atoms with Crippen molar-refractivity contribution in [3.8, 4) is 0 Å². The Morgan fingerprint density at radius 2 is 1.87 bits per heavy atom. The van der Waals surface area contributed by atoms with E-state index in [9.17, 15) is 8.42 Å². The van der Waals surface area contributed by atoms with Crippen molar-refractivity contribution < 1.29 is 8.42 Å². The molecule has 0 aromatic carbocycles. The molecule has 0 amide bonds. The summed E-state index contributed by atoms with van der Waals surface area (Å²) in [6.45, 7) is 6.27. The Bertz CT molecular complexity index is 445. The third-order valence-corrected chi connectivity index (χ3v) is 5.79. The summed E-state index contributed by atoms with van der Waals surface area (Å²) in [5, 5.41) is 4.71. The third-order valence-electron chi connectivity index (χ3n) is 2.06. The first-order valence-electron chi connectivity index (χ1n) is 4.65. The summed E-state index contributed by atoms with van der Waals surface area (Å²) >= 11 is 0. The molecule has 1 rings (SSSR count). The molecule has 0 aliphatic heterocycles. The van der Waals surface area contributed by atoms with Crippen LogP contribution < -0.4 is 5.32 Å². The van der Waals surface area contributed by atoms with Gasteiger partial charge in [0.05, 0.1) is 6.20 Å². The second kappa shape index (κ2) is 3.73. The van der Waals surface area contributed by atoms with Crippen LogP contribution >= 0.6 is 0 Å². The molecular formula is C8H17N3O2SSi. The average Bonchev–Trinajstić information content (AvgIpc) is 2.49. The van der Waals surface area contributed by atoms with E-state index in [1.165, 1.54) is 24.6 Å². The van der Waals surface area contributed by atoms with Crippen molar-refractivity contribution >= 4 is 23.6 Å². The number of rotatable bonds is 3. The molecule has 0 fully saturated rings. The van der Waals surface area contributed by atoms with Crippen LogP contribution in [0.15, 0.2) is 12.3 Å². The first-order chi connectivity index (χ1) is 6.67. The fourth-order valence-corrected chi connectivity index (χ4v) is 4.33. The Morgan fingerprint density at radius 3 is 2.27 bits per heavy atom. The van der Waals surface area contributed by atoms with Gasteiger partial charge in [0.1, 0.15) is 8.07 Å². The minimum absolute atomic E-state index is 0.816. The lowest BCUT2D eigenvalue weighted by Gasteiger charge is -2.20. The van der Waals surface area contributed by atoms with Crippen molar-refractivity contribution in [3.63, 3.8) is 0 Å². The maximum Gasteiger partial charge on any atom is 0.322 e. The molecular weight excluding hydrogens is 230 g/mol. The molecule has 5 nitrogen and oxygen atoms in total. The van der Waals surface area contributed by atoms with Crippen molar-refractivity contribution in [1.82, 2.24) is 13.5 Å². The van der Waals surface area contributed by atoms with Crippen LogP contribution in [0.1, 0.15) is 0 Å². The summed E-state index contributed by atoms with van der Waals surface area (Å²) in [5.41, 5.74) is 0. The zero-order valence-electron chi connectivity index (χ0n) is 9.72. The molecule has 0 bridgehead atoms. The van der Waals surface area contributed by atoms with E-state index in [2.05, 4.69) is 24.7 Å². The lowest BCUT2D eigenvalue weighted by molar-refractivity contribution is 0.505. The van der Waals surface area contributed by atoms with Gasteiger partial charge >= 0.3 is 10.2 Å². The number of hydrogen-bond donors (Lipinski definition) is 0. The molecule has 0 aliphatic rings. The van der Waals surface area contributed by atoms with E-state index in [1.54, 1.807) is 6.07 Å². The standard InChI is InChI=1S/C8H17N3O2SSi/c1-10(2)14(12,13)11-8(6-7-9-11)15(3,4)5/h6-7H,1-5H3. The van der Waals surface area contributed by atoms with Gasteiger partial charge in [-0.25, -0.2) is 0 Å². The Labute approximate surface area is 91.9 Å². The number of hydrogen-bond acceptors (Lipinski definition) is 3. The van der Waals surface area contributed by atoms with Crippen LogP contribution in [0.4, 0.5) is 0 Å².